The zero-order valence-electron chi connectivity index (χ0n) is 13.4. The lowest BCUT2D eigenvalue weighted by Crippen LogP contribution is -2.17. The molecule has 4 nitrogen and oxygen atoms in total. The third kappa shape index (κ3) is 3.23. The van der Waals surface area contributed by atoms with E-state index in [1.54, 1.807) is 6.08 Å². The fraction of sp³-hybridized carbons (Fsp3) is 0.100. The number of imide groups is 1. The van der Waals surface area contributed by atoms with Crippen LogP contribution in [-0.2, 0) is 17.8 Å². The van der Waals surface area contributed by atoms with Gasteiger partial charge in [0.2, 0.25) is 0 Å². The summed E-state index contributed by atoms with van der Waals surface area (Å²) in [6.45, 7) is 0.802. The maximum absolute atomic E-state index is 11.9. The van der Waals surface area contributed by atoms with Crippen molar-refractivity contribution in [3.8, 4) is 0 Å². The summed E-state index contributed by atoms with van der Waals surface area (Å²) in [7, 11) is 0. The molecule has 2 amide bonds. The van der Waals surface area contributed by atoms with Crippen LogP contribution in [0.1, 0.15) is 11.3 Å². The summed E-state index contributed by atoms with van der Waals surface area (Å²) in [5.41, 5.74) is 3.33. The molecule has 0 radical (unpaired) electrons. The molecular weight excluding hydrogens is 332 g/mol. The molecular formula is C20H16N2O2S. The van der Waals surface area contributed by atoms with Crippen LogP contribution in [0, 0.1) is 0 Å². The van der Waals surface area contributed by atoms with Crippen molar-refractivity contribution in [1.29, 1.82) is 0 Å². The van der Waals surface area contributed by atoms with E-state index in [1.165, 1.54) is 5.56 Å². The molecule has 0 bridgehead atoms. The minimum absolute atomic E-state index is 0.316. The Labute approximate surface area is 149 Å². The lowest BCUT2D eigenvalue weighted by Gasteiger charge is -2.09. The maximum Gasteiger partial charge on any atom is 0.290 e. The van der Waals surface area contributed by atoms with Crippen LogP contribution < -0.4 is 5.32 Å². The van der Waals surface area contributed by atoms with Gasteiger partial charge in [0, 0.05) is 23.1 Å². The molecule has 1 aromatic heterocycles. The lowest BCUT2D eigenvalue weighted by atomic mass is 10.1. The second kappa shape index (κ2) is 6.61. The van der Waals surface area contributed by atoms with E-state index < -0.39 is 0 Å². The molecule has 2 heterocycles. The number of para-hydroxylation sites is 1. The number of hydrogen-bond acceptors (Lipinski definition) is 3. The summed E-state index contributed by atoms with van der Waals surface area (Å²) in [5, 5.41) is 3.11. The summed E-state index contributed by atoms with van der Waals surface area (Å²) in [6.07, 6.45) is 2.70. The van der Waals surface area contributed by atoms with Gasteiger partial charge in [-0.3, -0.25) is 14.9 Å². The zero-order chi connectivity index (χ0) is 17.2. The Hall–Kier alpha value is -2.79. The van der Waals surface area contributed by atoms with Crippen molar-refractivity contribution in [3.63, 3.8) is 0 Å². The highest BCUT2D eigenvalue weighted by atomic mass is 32.2. The number of carbonyl (C=O) groups is 2. The van der Waals surface area contributed by atoms with Crippen LogP contribution in [0.5, 0.6) is 0 Å². The Morgan fingerprint density at radius 3 is 2.52 bits per heavy atom. The molecule has 0 aliphatic carbocycles. The van der Waals surface area contributed by atoms with Gasteiger partial charge in [-0.15, -0.1) is 0 Å². The van der Waals surface area contributed by atoms with Crippen molar-refractivity contribution < 1.29 is 9.59 Å². The van der Waals surface area contributed by atoms with Gasteiger partial charge in [0.25, 0.3) is 11.1 Å². The molecule has 1 fully saturated rings. The molecule has 1 aliphatic rings. The standard InChI is InChI=1S/C20H16N2O2S/c23-19-18(25-20(24)21-19)13-16-12-15-8-4-5-9-17(15)22(16)11-10-14-6-2-1-3-7-14/h1-9,12-13H,10-11H2,(H,21,23,24). The Kier molecular flexibility index (Phi) is 4.15. The number of fused-ring (bicyclic) bond motifs is 1. The van der Waals surface area contributed by atoms with Gasteiger partial charge in [0.15, 0.2) is 0 Å². The summed E-state index contributed by atoms with van der Waals surface area (Å²) in [6, 6.07) is 20.5. The predicted molar refractivity (Wildman–Crippen MR) is 101 cm³/mol. The number of aryl methyl sites for hydroxylation is 2. The van der Waals surface area contributed by atoms with Gasteiger partial charge >= 0.3 is 0 Å². The van der Waals surface area contributed by atoms with Gasteiger partial charge in [-0.05, 0) is 42.0 Å². The van der Waals surface area contributed by atoms with E-state index in [1.807, 2.05) is 30.3 Å². The molecule has 124 valence electrons. The van der Waals surface area contributed by atoms with Crippen LogP contribution in [0.2, 0.25) is 0 Å². The number of benzene rings is 2. The number of amides is 2. The Morgan fingerprint density at radius 1 is 1.00 bits per heavy atom. The second-order valence-electron chi connectivity index (χ2n) is 5.87. The normalized spacial score (nSPS) is 15.9. The van der Waals surface area contributed by atoms with Gasteiger partial charge < -0.3 is 4.57 Å². The molecule has 0 unspecified atom stereocenters. The fourth-order valence-electron chi connectivity index (χ4n) is 3.04. The first-order valence-electron chi connectivity index (χ1n) is 8.08. The number of rotatable bonds is 4. The number of hydrogen-bond donors (Lipinski definition) is 1. The summed E-state index contributed by atoms with van der Waals surface area (Å²) in [4.78, 5) is 23.7. The highest BCUT2D eigenvalue weighted by Gasteiger charge is 2.25. The van der Waals surface area contributed by atoms with Crippen LogP contribution in [0.3, 0.4) is 0 Å². The van der Waals surface area contributed by atoms with Crippen molar-refractivity contribution in [3.05, 3.63) is 76.8 Å². The minimum atomic E-state index is -0.324. The molecule has 0 atom stereocenters. The van der Waals surface area contributed by atoms with Gasteiger partial charge in [0.1, 0.15) is 0 Å². The molecule has 3 aromatic rings. The van der Waals surface area contributed by atoms with Gasteiger partial charge in [-0.2, -0.15) is 0 Å². The van der Waals surface area contributed by atoms with Crippen molar-refractivity contribution in [1.82, 2.24) is 9.88 Å². The van der Waals surface area contributed by atoms with Gasteiger partial charge in [0.05, 0.1) is 4.91 Å². The van der Waals surface area contributed by atoms with E-state index in [9.17, 15) is 9.59 Å². The molecule has 2 aromatic carbocycles. The van der Waals surface area contributed by atoms with E-state index in [0.29, 0.717) is 4.91 Å². The molecule has 25 heavy (non-hydrogen) atoms. The molecule has 0 saturated carbocycles. The number of thioether (sulfide) groups is 1. The van der Waals surface area contributed by atoms with E-state index in [0.717, 1.165) is 41.3 Å². The van der Waals surface area contributed by atoms with Crippen LogP contribution in [0.15, 0.2) is 65.6 Å². The highest BCUT2D eigenvalue weighted by Crippen LogP contribution is 2.28. The largest absolute Gasteiger partial charge is 0.341 e. The quantitative estimate of drug-likeness (QED) is 0.719. The Bertz CT molecular complexity index is 989. The number of nitrogens with one attached hydrogen (secondary N) is 1. The van der Waals surface area contributed by atoms with Gasteiger partial charge in [-0.1, -0.05) is 48.5 Å². The van der Waals surface area contributed by atoms with Crippen molar-refractivity contribution in [2.75, 3.05) is 0 Å². The monoisotopic (exact) mass is 348 g/mol. The van der Waals surface area contributed by atoms with E-state index in [4.69, 9.17) is 0 Å². The second-order valence-corrected chi connectivity index (χ2v) is 6.88. The number of aromatic nitrogens is 1. The predicted octanol–water partition coefficient (Wildman–Crippen LogP) is 4.21. The molecule has 1 saturated heterocycles. The Morgan fingerprint density at radius 2 is 1.76 bits per heavy atom. The van der Waals surface area contributed by atoms with Gasteiger partial charge in [-0.25, -0.2) is 0 Å². The van der Waals surface area contributed by atoms with Crippen LogP contribution in [0.25, 0.3) is 17.0 Å². The van der Waals surface area contributed by atoms with E-state index >= 15 is 0 Å². The molecule has 4 rings (SSSR count). The lowest BCUT2D eigenvalue weighted by molar-refractivity contribution is -0.115. The summed E-state index contributed by atoms with van der Waals surface area (Å²) in [5.74, 6) is -0.324. The number of nitrogens with zero attached hydrogens (tertiary/aromatic N) is 1. The van der Waals surface area contributed by atoms with E-state index in [2.05, 4.69) is 40.2 Å². The fourth-order valence-corrected chi connectivity index (χ4v) is 3.71. The molecule has 1 N–H and O–H groups in total. The minimum Gasteiger partial charge on any atom is -0.341 e. The summed E-state index contributed by atoms with van der Waals surface area (Å²) >= 11 is 0.950. The Balaban J connectivity index is 1.72. The van der Waals surface area contributed by atoms with Crippen LogP contribution in [0.4, 0.5) is 4.79 Å². The molecule has 0 spiro atoms. The van der Waals surface area contributed by atoms with Crippen molar-refractivity contribution in [2.45, 2.75) is 13.0 Å². The average Bonchev–Trinajstić information content (AvgIpc) is 3.13. The molecule has 5 heteroatoms. The highest BCUT2D eigenvalue weighted by molar-refractivity contribution is 8.18. The zero-order valence-corrected chi connectivity index (χ0v) is 14.3. The first kappa shape index (κ1) is 15.7. The van der Waals surface area contributed by atoms with Crippen LogP contribution >= 0.6 is 11.8 Å². The maximum atomic E-state index is 11.9. The SMILES string of the molecule is O=C1NC(=O)C(=Cc2cc3ccccc3n2CCc2ccccc2)S1. The third-order valence-electron chi connectivity index (χ3n) is 4.23. The van der Waals surface area contributed by atoms with Crippen molar-refractivity contribution >= 4 is 39.9 Å². The smallest absolute Gasteiger partial charge is 0.290 e. The summed E-state index contributed by atoms with van der Waals surface area (Å²) < 4.78 is 2.20. The van der Waals surface area contributed by atoms with Crippen molar-refractivity contribution in [2.24, 2.45) is 0 Å². The number of carbonyl (C=O) groups excluding carboxylic acids is 2. The first-order valence-corrected chi connectivity index (χ1v) is 8.89. The van der Waals surface area contributed by atoms with E-state index in [-0.39, 0.29) is 11.1 Å². The first-order chi connectivity index (χ1) is 12.2. The molecule has 1 aliphatic heterocycles. The third-order valence-corrected chi connectivity index (χ3v) is 5.04. The average molecular weight is 348 g/mol. The topological polar surface area (TPSA) is 51.1 Å². The van der Waals surface area contributed by atoms with Crippen LogP contribution in [-0.4, -0.2) is 15.7 Å².